The third kappa shape index (κ3) is 5.09. The molecule has 0 saturated heterocycles. The number of aryl methyl sites for hydroxylation is 2. The molecular formula is C12H20N4O3. The summed E-state index contributed by atoms with van der Waals surface area (Å²) in [6, 6.07) is 0. The Morgan fingerprint density at radius 2 is 2.11 bits per heavy atom. The fourth-order valence-electron chi connectivity index (χ4n) is 1.54. The minimum atomic E-state index is -0.267. The van der Waals surface area contributed by atoms with Crippen molar-refractivity contribution in [3.63, 3.8) is 0 Å². The molecule has 106 valence electrons. The SMILES string of the molecule is CCOC(=O)CCNCC(=O)Nc1c(C)n[nH]c1C. The van der Waals surface area contributed by atoms with Crippen molar-refractivity contribution in [3.05, 3.63) is 11.4 Å². The van der Waals surface area contributed by atoms with Gasteiger partial charge < -0.3 is 15.4 Å². The summed E-state index contributed by atoms with van der Waals surface area (Å²) < 4.78 is 4.77. The molecular weight excluding hydrogens is 248 g/mol. The Kier molecular flexibility index (Phi) is 6.01. The van der Waals surface area contributed by atoms with Crippen LogP contribution in [-0.2, 0) is 14.3 Å². The lowest BCUT2D eigenvalue weighted by Gasteiger charge is -2.06. The molecule has 1 amide bonds. The van der Waals surface area contributed by atoms with Gasteiger partial charge in [0, 0.05) is 6.54 Å². The third-order valence-electron chi connectivity index (χ3n) is 2.49. The molecule has 1 heterocycles. The molecule has 0 atom stereocenters. The Morgan fingerprint density at radius 1 is 1.37 bits per heavy atom. The zero-order valence-electron chi connectivity index (χ0n) is 11.5. The van der Waals surface area contributed by atoms with Gasteiger partial charge in [-0.1, -0.05) is 0 Å². The van der Waals surface area contributed by atoms with E-state index in [2.05, 4.69) is 20.8 Å². The zero-order chi connectivity index (χ0) is 14.3. The minimum absolute atomic E-state index is 0.142. The minimum Gasteiger partial charge on any atom is -0.466 e. The Bertz CT molecular complexity index is 423. The van der Waals surface area contributed by atoms with Crippen LogP contribution in [0.1, 0.15) is 24.7 Å². The summed E-state index contributed by atoms with van der Waals surface area (Å²) in [4.78, 5) is 22.7. The summed E-state index contributed by atoms with van der Waals surface area (Å²) in [5, 5.41) is 12.4. The van der Waals surface area contributed by atoms with E-state index >= 15 is 0 Å². The van der Waals surface area contributed by atoms with E-state index in [9.17, 15) is 9.59 Å². The van der Waals surface area contributed by atoms with E-state index in [1.54, 1.807) is 6.92 Å². The van der Waals surface area contributed by atoms with Crippen molar-refractivity contribution < 1.29 is 14.3 Å². The van der Waals surface area contributed by atoms with Crippen molar-refractivity contribution in [1.29, 1.82) is 0 Å². The van der Waals surface area contributed by atoms with Crippen LogP contribution in [0.3, 0.4) is 0 Å². The molecule has 0 aliphatic heterocycles. The normalized spacial score (nSPS) is 10.3. The summed E-state index contributed by atoms with van der Waals surface area (Å²) >= 11 is 0. The highest BCUT2D eigenvalue weighted by molar-refractivity contribution is 5.93. The average Bonchev–Trinajstić information content (AvgIpc) is 2.67. The van der Waals surface area contributed by atoms with Crippen molar-refractivity contribution in [2.75, 3.05) is 25.0 Å². The number of anilines is 1. The van der Waals surface area contributed by atoms with Crippen LogP contribution in [0.25, 0.3) is 0 Å². The number of hydrogen-bond donors (Lipinski definition) is 3. The highest BCUT2D eigenvalue weighted by Gasteiger charge is 2.09. The van der Waals surface area contributed by atoms with Gasteiger partial charge in [-0.15, -0.1) is 0 Å². The molecule has 1 rings (SSSR count). The predicted molar refractivity (Wildman–Crippen MR) is 70.8 cm³/mol. The van der Waals surface area contributed by atoms with Crippen molar-refractivity contribution >= 4 is 17.6 Å². The molecule has 7 heteroatoms. The molecule has 0 radical (unpaired) electrons. The molecule has 3 N–H and O–H groups in total. The summed E-state index contributed by atoms with van der Waals surface area (Å²) in [6.07, 6.45) is 0.255. The lowest BCUT2D eigenvalue weighted by Crippen LogP contribution is -2.30. The highest BCUT2D eigenvalue weighted by Crippen LogP contribution is 2.15. The van der Waals surface area contributed by atoms with Crippen LogP contribution in [-0.4, -0.2) is 41.8 Å². The molecule has 0 saturated carbocycles. The standard InChI is InChI=1S/C12H20N4O3/c1-4-19-11(18)5-6-13-7-10(17)14-12-8(2)15-16-9(12)3/h13H,4-7H2,1-3H3,(H,14,17)(H,15,16). The van der Waals surface area contributed by atoms with Crippen LogP contribution in [0, 0.1) is 13.8 Å². The largest absolute Gasteiger partial charge is 0.466 e. The van der Waals surface area contributed by atoms with Crippen LogP contribution in [0.2, 0.25) is 0 Å². The van der Waals surface area contributed by atoms with Gasteiger partial charge in [0.15, 0.2) is 0 Å². The fraction of sp³-hybridized carbons (Fsp3) is 0.583. The Hall–Kier alpha value is -1.89. The fourth-order valence-corrected chi connectivity index (χ4v) is 1.54. The summed E-state index contributed by atoms with van der Waals surface area (Å²) in [5.74, 6) is -0.437. The maximum atomic E-state index is 11.7. The molecule has 0 aliphatic carbocycles. The second-order valence-electron chi connectivity index (χ2n) is 4.09. The second kappa shape index (κ2) is 7.52. The zero-order valence-corrected chi connectivity index (χ0v) is 11.5. The number of nitrogens with zero attached hydrogens (tertiary/aromatic N) is 1. The van der Waals surface area contributed by atoms with Gasteiger partial charge in [0.2, 0.25) is 5.91 Å². The smallest absolute Gasteiger partial charge is 0.307 e. The second-order valence-corrected chi connectivity index (χ2v) is 4.09. The molecule has 19 heavy (non-hydrogen) atoms. The first-order valence-electron chi connectivity index (χ1n) is 6.22. The Morgan fingerprint density at radius 3 is 2.68 bits per heavy atom. The topological polar surface area (TPSA) is 96.1 Å². The predicted octanol–water partition coefficient (Wildman–Crippen LogP) is 0.508. The molecule has 1 aromatic heterocycles. The number of carbonyl (C=O) groups is 2. The van der Waals surface area contributed by atoms with Crippen molar-refractivity contribution in [1.82, 2.24) is 15.5 Å². The summed E-state index contributed by atoms with van der Waals surface area (Å²) in [5.41, 5.74) is 2.27. The van der Waals surface area contributed by atoms with Crippen LogP contribution >= 0.6 is 0 Å². The van der Waals surface area contributed by atoms with E-state index in [0.29, 0.717) is 18.8 Å². The number of aromatic nitrogens is 2. The van der Waals surface area contributed by atoms with E-state index in [-0.39, 0.29) is 24.8 Å². The van der Waals surface area contributed by atoms with Crippen LogP contribution in [0.15, 0.2) is 0 Å². The molecule has 0 aliphatic rings. The monoisotopic (exact) mass is 268 g/mol. The number of nitrogens with one attached hydrogen (secondary N) is 3. The quantitative estimate of drug-likeness (QED) is 0.494. The number of amides is 1. The van der Waals surface area contributed by atoms with Gasteiger partial charge in [0.25, 0.3) is 0 Å². The summed E-state index contributed by atoms with van der Waals surface area (Å²) in [7, 11) is 0. The maximum Gasteiger partial charge on any atom is 0.307 e. The van der Waals surface area contributed by atoms with E-state index in [0.717, 1.165) is 11.4 Å². The molecule has 7 nitrogen and oxygen atoms in total. The first-order chi connectivity index (χ1) is 9.04. The third-order valence-corrected chi connectivity index (χ3v) is 2.49. The molecule has 0 spiro atoms. The van der Waals surface area contributed by atoms with Gasteiger partial charge in [-0.05, 0) is 20.8 Å². The lowest BCUT2D eigenvalue weighted by atomic mass is 10.3. The molecule has 1 aromatic rings. The Balaban J connectivity index is 2.24. The van der Waals surface area contributed by atoms with Gasteiger partial charge in [0.1, 0.15) is 0 Å². The number of aromatic amines is 1. The van der Waals surface area contributed by atoms with Gasteiger partial charge in [-0.2, -0.15) is 5.10 Å². The average molecular weight is 268 g/mol. The maximum absolute atomic E-state index is 11.7. The highest BCUT2D eigenvalue weighted by atomic mass is 16.5. The number of H-pyrrole nitrogens is 1. The number of carbonyl (C=O) groups excluding carboxylic acids is 2. The first-order valence-corrected chi connectivity index (χ1v) is 6.22. The number of hydrogen-bond acceptors (Lipinski definition) is 5. The number of rotatable bonds is 7. The summed E-state index contributed by atoms with van der Waals surface area (Å²) in [6.45, 7) is 6.34. The van der Waals surface area contributed by atoms with Gasteiger partial charge in [-0.3, -0.25) is 14.7 Å². The van der Waals surface area contributed by atoms with Crippen LogP contribution in [0.5, 0.6) is 0 Å². The number of esters is 1. The first kappa shape index (κ1) is 15.2. The molecule has 0 aromatic carbocycles. The van der Waals surface area contributed by atoms with Crippen molar-refractivity contribution in [2.24, 2.45) is 0 Å². The van der Waals surface area contributed by atoms with E-state index < -0.39 is 0 Å². The van der Waals surface area contributed by atoms with Gasteiger partial charge in [0.05, 0.1) is 36.6 Å². The van der Waals surface area contributed by atoms with E-state index in [1.807, 2.05) is 13.8 Å². The van der Waals surface area contributed by atoms with Crippen LogP contribution < -0.4 is 10.6 Å². The lowest BCUT2D eigenvalue weighted by molar-refractivity contribution is -0.143. The molecule has 0 fully saturated rings. The number of ether oxygens (including phenoxy) is 1. The van der Waals surface area contributed by atoms with Gasteiger partial charge >= 0.3 is 5.97 Å². The Labute approximate surface area is 112 Å². The van der Waals surface area contributed by atoms with E-state index in [4.69, 9.17) is 4.74 Å². The van der Waals surface area contributed by atoms with Gasteiger partial charge in [-0.25, -0.2) is 0 Å². The van der Waals surface area contributed by atoms with Crippen LogP contribution in [0.4, 0.5) is 5.69 Å². The van der Waals surface area contributed by atoms with Crippen molar-refractivity contribution in [2.45, 2.75) is 27.2 Å². The molecule has 0 unspecified atom stereocenters. The van der Waals surface area contributed by atoms with Crippen molar-refractivity contribution in [3.8, 4) is 0 Å². The molecule has 0 bridgehead atoms. The van der Waals surface area contributed by atoms with E-state index in [1.165, 1.54) is 0 Å².